The lowest BCUT2D eigenvalue weighted by Crippen LogP contribution is -2.24. The van der Waals surface area contributed by atoms with E-state index in [1.807, 2.05) is 32.0 Å². The zero-order chi connectivity index (χ0) is 24.5. The van der Waals surface area contributed by atoms with Gasteiger partial charge in [-0.15, -0.1) is 0 Å². The van der Waals surface area contributed by atoms with Crippen molar-refractivity contribution in [3.63, 3.8) is 0 Å². The fourth-order valence-corrected chi connectivity index (χ4v) is 3.62. The summed E-state index contributed by atoms with van der Waals surface area (Å²) >= 11 is 3.49. The summed E-state index contributed by atoms with van der Waals surface area (Å²) in [6, 6.07) is 17.0. The molecule has 0 aliphatic rings. The Balaban J connectivity index is 1.69. The van der Waals surface area contributed by atoms with E-state index in [2.05, 4.69) is 31.8 Å². The van der Waals surface area contributed by atoms with Crippen LogP contribution >= 0.6 is 15.9 Å². The number of anilines is 1. The molecule has 0 fully saturated rings. The first-order valence-electron chi connectivity index (χ1n) is 10.4. The van der Waals surface area contributed by atoms with Crippen molar-refractivity contribution in [3.05, 3.63) is 87.4 Å². The first-order valence-corrected chi connectivity index (χ1v) is 11.2. The molecular formula is C25H24BrN3O5. The van der Waals surface area contributed by atoms with Gasteiger partial charge in [-0.1, -0.05) is 30.3 Å². The molecule has 0 aliphatic heterocycles. The van der Waals surface area contributed by atoms with Crippen molar-refractivity contribution >= 4 is 39.8 Å². The van der Waals surface area contributed by atoms with Crippen molar-refractivity contribution in [2.24, 2.45) is 5.10 Å². The van der Waals surface area contributed by atoms with Crippen LogP contribution in [0.3, 0.4) is 0 Å². The minimum atomic E-state index is -0.997. The number of hydrogen-bond acceptors (Lipinski definition) is 5. The fourth-order valence-electron chi connectivity index (χ4n) is 3.04. The van der Waals surface area contributed by atoms with Gasteiger partial charge in [0.05, 0.1) is 22.9 Å². The number of hydrazone groups is 1. The van der Waals surface area contributed by atoms with E-state index in [0.29, 0.717) is 39.4 Å². The summed E-state index contributed by atoms with van der Waals surface area (Å²) in [5.74, 6) is -0.0371. The molecule has 8 nitrogen and oxygen atoms in total. The molecule has 9 heteroatoms. The Morgan fingerprint density at radius 3 is 2.62 bits per heavy atom. The Labute approximate surface area is 205 Å². The number of nitrogens with zero attached hydrogens (tertiary/aromatic N) is 1. The Hall–Kier alpha value is -3.85. The average molecular weight is 526 g/mol. The second kappa shape index (κ2) is 11.9. The number of urea groups is 1. The van der Waals surface area contributed by atoms with Crippen LogP contribution in [0, 0.1) is 6.92 Å². The second-order valence-electron chi connectivity index (χ2n) is 7.20. The maximum Gasteiger partial charge on any atom is 0.339 e. The highest BCUT2D eigenvalue weighted by Crippen LogP contribution is 2.37. The Kier molecular flexibility index (Phi) is 8.64. The van der Waals surface area contributed by atoms with E-state index >= 15 is 0 Å². The Bertz CT molecular complexity index is 1210. The number of aromatic carboxylic acids is 1. The van der Waals surface area contributed by atoms with E-state index in [0.717, 1.165) is 5.56 Å². The minimum Gasteiger partial charge on any atom is -0.490 e. The third-order valence-electron chi connectivity index (χ3n) is 4.66. The number of rotatable bonds is 9. The number of carbonyl (C=O) groups is 2. The number of carboxylic acids is 1. The zero-order valence-corrected chi connectivity index (χ0v) is 20.3. The standard InChI is InChI=1S/C25H24BrN3O5/c1-3-33-22-13-18(14-27-29-25(32)28-21-10-5-4-7-16(21)2)12-20(26)23(22)34-15-17-8-6-9-19(11-17)24(30)31/h4-14H,3,15H2,1-2H3,(H,30,31)(H2,28,29,32). The maximum atomic E-state index is 12.1. The normalized spacial score (nSPS) is 10.7. The minimum absolute atomic E-state index is 0.161. The number of amides is 2. The van der Waals surface area contributed by atoms with E-state index < -0.39 is 12.0 Å². The molecule has 0 atom stereocenters. The molecule has 0 heterocycles. The number of carboxylic acid groups (broad SMARTS) is 1. The molecular weight excluding hydrogens is 502 g/mol. The van der Waals surface area contributed by atoms with Gasteiger partial charge in [0, 0.05) is 5.69 Å². The second-order valence-corrected chi connectivity index (χ2v) is 8.05. The lowest BCUT2D eigenvalue weighted by Gasteiger charge is -2.15. The van der Waals surface area contributed by atoms with E-state index in [9.17, 15) is 9.59 Å². The summed E-state index contributed by atoms with van der Waals surface area (Å²) in [6.07, 6.45) is 1.49. The number of carbonyl (C=O) groups excluding carboxylic acids is 1. The van der Waals surface area contributed by atoms with Crippen LogP contribution in [0.5, 0.6) is 11.5 Å². The smallest absolute Gasteiger partial charge is 0.339 e. The van der Waals surface area contributed by atoms with Gasteiger partial charge in [0.15, 0.2) is 11.5 Å². The van der Waals surface area contributed by atoms with Gasteiger partial charge in [0.1, 0.15) is 6.61 Å². The lowest BCUT2D eigenvalue weighted by atomic mass is 10.1. The molecule has 0 spiro atoms. The SMILES string of the molecule is CCOc1cc(C=NNC(=O)Nc2ccccc2C)cc(Br)c1OCc1cccc(C(=O)O)c1. The predicted molar refractivity (Wildman–Crippen MR) is 134 cm³/mol. The number of nitrogens with one attached hydrogen (secondary N) is 2. The van der Waals surface area contributed by atoms with Crippen molar-refractivity contribution in [1.29, 1.82) is 0 Å². The third-order valence-corrected chi connectivity index (χ3v) is 5.25. The number of ether oxygens (including phenoxy) is 2. The van der Waals surface area contributed by atoms with Gasteiger partial charge in [-0.2, -0.15) is 5.10 Å². The average Bonchev–Trinajstić information content (AvgIpc) is 2.80. The van der Waals surface area contributed by atoms with Gasteiger partial charge >= 0.3 is 12.0 Å². The molecule has 0 unspecified atom stereocenters. The number of para-hydroxylation sites is 1. The molecule has 0 aliphatic carbocycles. The van der Waals surface area contributed by atoms with Crippen LogP contribution in [0.4, 0.5) is 10.5 Å². The highest BCUT2D eigenvalue weighted by Gasteiger charge is 2.13. The lowest BCUT2D eigenvalue weighted by molar-refractivity contribution is 0.0696. The van der Waals surface area contributed by atoms with E-state index in [4.69, 9.17) is 14.6 Å². The van der Waals surface area contributed by atoms with Crippen LogP contribution in [-0.2, 0) is 6.61 Å². The monoisotopic (exact) mass is 525 g/mol. The van der Waals surface area contributed by atoms with Gasteiger partial charge in [-0.05, 0) is 76.8 Å². The van der Waals surface area contributed by atoms with Crippen LogP contribution in [0.25, 0.3) is 0 Å². The molecule has 2 amide bonds. The number of hydrogen-bond donors (Lipinski definition) is 3. The van der Waals surface area contributed by atoms with Gasteiger partial charge in [-0.3, -0.25) is 0 Å². The molecule has 3 aromatic carbocycles. The number of benzene rings is 3. The molecule has 34 heavy (non-hydrogen) atoms. The van der Waals surface area contributed by atoms with E-state index in [-0.39, 0.29) is 12.2 Å². The predicted octanol–water partition coefficient (Wildman–Crippen LogP) is 5.59. The summed E-state index contributed by atoms with van der Waals surface area (Å²) < 4.78 is 12.3. The quantitative estimate of drug-likeness (QED) is 0.249. The summed E-state index contributed by atoms with van der Waals surface area (Å²) in [5, 5.41) is 15.9. The molecule has 0 saturated heterocycles. The molecule has 0 saturated carbocycles. The topological polar surface area (TPSA) is 109 Å². The number of halogens is 1. The van der Waals surface area contributed by atoms with Gasteiger partial charge in [0.25, 0.3) is 0 Å². The van der Waals surface area contributed by atoms with Gasteiger partial charge in [-0.25, -0.2) is 15.0 Å². The first-order chi connectivity index (χ1) is 16.4. The van der Waals surface area contributed by atoms with Crippen molar-refractivity contribution < 1.29 is 24.2 Å². The zero-order valence-electron chi connectivity index (χ0n) is 18.7. The molecule has 176 valence electrons. The summed E-state index contributed by atoms with van der Waals surface area (Å²) in [6.45, 7) is 4.33. The van der Waals surface area contributed by atoms with Crippen molar-refractivity contribution in [2.75, 3.05) is 11.9 Å². The molecule has 3 aromatic rings. The highest BCUT2D eigenvalue weighted by molar-refractivity contribution is 9.10. The molecule has 3 rings (SSSR count). The van der Waals surface area contributed by atoms with Crippen LogP contribution in [0.1, 0.15) is 34.0 Å². The van der Waals surface area contributed by atoms with Crippen molar-refractivity contribution in [1.82, 2.24) is 5.43 Å². The largest absolute Gasteiger partial charge is 0.490 e. The molecule has 3 N–H and O–H groups in total. The summed E-state index contributed by atoms with van der Waals surface area (Å²) in [5.41, 5.74) is 5.66. The number of aryl methyl sites for hydroxylation is 1. The molecule has 0 aromatic heterocycles. The van der Waals surface area contributed by atoms with Gasteiger partial charge in [0.2, 0.25) is 0 Å². The maximum absolute atomic E-state index is 12.1. The van der Waals surface area contributed by atoms with Gasteiger partial charge < -0.3 is 19.9 Å². The highest BCUT2D eigenvalue weighted by atomic mass is 79.9. The van der Waals surface area contributed by atoms with Crippen molar-refractivity contribution in [2.45, 2.75) is 20.5 Å². The third kappa shape index (κ3) is 6.82. The van der Waals surface area contributed by atoms with Crippen LogP contribution in [0.15, 0.2) is 70.2 Å². The summed E-state index contributed by atoms with van der Waals surface area (Å²) in [4.78, 5) is 23.3. The van der Waals surface area contributed by atoms with E-state index in [1.165, 1.54) is 12.3 Å². The molecule has 0 radical (unpaired) electrons. The Morgan fingerprint density at radius 2 is 1.88 bits per heavy atom. The van der Waals surface area contributed by atoms with Crippen LogP contribution < -0.4 is 20.2 Å². The molecule has 0 bridgehead atoms. The Morgan fingerprint density at radius 1 is 1.09 bits per heavy atom. The van der Waals surface area contributed by atoms with Crippen molar-refractivity contribution in [3.8, 4) is 11.5 Å². The van der Waals surface area contributed by atoms with E-state index in [1.54, 1.807) is 36.4 Å². The van der Waals surface area contributed by atoms with Crippen LogP contribution in [0.2, 0.25) is 0 Å². The first kappa shape index (κ1) is 24.8. The fraction of sp³-hybridized carbons (Fsp3) is 0.160. The van der Waals surface area contributed by atoms with Crippen LogP contribution in [-0.4, -0.2) is 29.9 Å². The summed E-state index contributed by atoms with van der Waals surface area (Å²) in [7, 11) is 0.